The number of carbonyl (C=O) groups is 1. The molecule has 0 bridgehead atoms. The molecule has 1 atom stereocenters. The third-order valence-electron chi connectivity index (χ3n) is 5.04. The third kappa shape index (κ3) is 3.12. The monoisotopic (exact) mass is 346 g/mol. The largest absolute Gasteiger partial charge is 0.338 e. The maximum Gasteiger partial charge on any atom is 0.230 e. The lowest BCUT2D eigenvalue weighted by molar-refractivity contribution is -0.139. The fraction of sp³-hybridized carbons (Fsp3) is 0.286. The fourth-order valence-corrected chi connectivity index (χ4v) is 3.46. The Labute approximate surface area is 153 Å². The van der Waals surface area contributed by atoms with E-state index in [4.69, 9.17) is 0 Å². The molecule has 1 amide bonds. The predicted octanol–water partition coefficient (Wildman–Crippen LogP) is 3.52. The summed E-state index contributed by atoms with van der Waals surface area (Å²) in [7, 11) is 0. The summed E-state index contributed by atoms with van der Waals surface area (Å²) in [5.74, 6) is 0.145. The van der Waals surface area contributed by atoms with Crippen molar-refractivity contribution in [3.05, 3.63) is 72.4 Å². The molecule has 0 saturated carbocycles. The van der Waals surface area contributed by atoms with Gasteiger partial charge in [-0.05, 0) is 12.0 Å². The van der Waals surface area contributed by atoms with Crippen molar-refractivity contribution in [1.82, 2.24) is 19.9 Å². The summed E-state index contributed by atoms with van der Waals surface area (Å²) in [6, 6.07) is 20.3. The van der Waals surface area contributed by atoms with E-state index in [-0.39, 0.29) is 17.9 Å². The number of likely N-dealkylation sites (tertiary alicyclic amines) is 1. The van der Waals surface area contributed by atoms with Gasteiger partial charge in [-0.2, -0.15) is 0 Å². The Kier molecular flexibility index (Phi) is 4.52. The zero-order valence-corrected chi connectivity index (χ0v) is 14.8. The molecule has 5 heteroatoms. The van der Waals surface area contributed by atoms with Gasteiger partial charge in [0.15, 0.2) is 0 Å². The topological polar surface area (TPSA) is 51.0 Å². The van der Waals surface area contributed by atoms with Crippen molar-refractivity contribution in [2.24, 2.45) is 0 Å². The highest BCUT2D eigenvalue weighted by Gasteiger charge is 2.36. The highest BCUT2D eigenvalue weighted by molar-refractivity contribution is 5.84. The first-order valence-electron chi connectivity index (χ1n) is 9.07. The minimum absolute atomic E-state index is 0.0622. The van der Waals surface area contributed by atoms with Crippen LogP contribution in [0.3, 0.4) is 0 Å². The molecule has 0 spiro atoms. The Morgan fingerprint density at radius 2 is 1.73 bits per heavy atom. The zero-order chi connectivity index (χ0) is 17.9. The van der Waals surface area contributed by atoms with E-state index in [2.05, 4.69) is 17.2 Å². The smallest absolute Gasteiger partial charge is 0.230 e. The van der Waals surface area contributed by atoms with Crippen molar-refractivity contribution >= 4 is 5.91 Å². The van der Waals surface area contributed by atoms with Gasteiger partial charge in [-0.25, -0.2) is 4.68 Å². The SMILES string of the molecule is CC[C@@H](C(=O)N1CC(n2cc(-c3ccccc3)nn2)C1)c1ccccc1. The van der Waals surface area contributed by atoms with Crippen LogP contribution in [0.1, 0.15) is 30.9 Å². The van der Waals surface area contributed by atoms with E-state index in [0.717, 1.165) is 23.2 Å². The van der Waals surface area contributed by atoms with E-state index in [0.29, 0.717) is 13.1 Å². The predicted molar refractivity (Wildman–Crippen MR) is 101 cm³/mol. The van der Waals surface area contributed by atoms with Crippen LogP contribution in [0, 0.1) is 0 Å². The lowest BCUT2D eigenvalue weighted by atomic mass is 9.93. The highest BCUT2D eigenvalue weighted by atomic mass is 16.2. The minimum Gasteiger partial charge on any atom is -0.338 e. The second kappa shape index (κ2) is 7.12. The number of aromatic nitrogens is 3. The molecule has 132 valence electrons. The van der Waals surface area contributed by atoms with Gasteiger partial charge in [0, 0.05) is 18.7 Å². The summed E-state index contributed by atoms with van der Waals surface area (Å²) in [5.41, 5.74) is 3.02. The summed E-state index contributed by atoms with van der Waals surface area (Å²) < 4.78 is 1.88. The molecule has 5 nitrogen and oxygen atoms in total. The highest BCUT2D eigenvalue weighted by Crippen LogP contribution is 2.29. The van der Waals surface area contributed by atoms with Crippen molar-refractivity contribution in [1.29, 1.82) is 0 Å². The van der Waals surface area contributed by atoms with Crippen LogP contribution < -0.4 is 0 Å². The average Bonchev–Trinajstić information content (AvgIpc) is 3.12. The van der Waals surface area contributed by atoms with Crippen LogP contribution in [-0.4, -0.2) is 38.9 Å². The van der Waals surface area contributed by atoms with Gasteiger partial charge in [-0.1, -0.05) is 72.8 Å². The molecule has 0 radical (unpaired) electrons. The van der Waals surface area contributed by atoms with Gasteiger partial charge in [0.1, 0.15) is 5.69 Å². The molecule has 1 aliphatic rings. The van der Waals surface area contributed by atoms with E-state index in [1.807, 2.05) is 76.4 Å². The summed E-state index contributed by atoms with van der Waals surface area (Å²) in [5, 5.41) is 8.53. The van der Waals surface area contributed by atoms with Gasteiger partial charge in [-0.15, -0.1) is 5.10 Å². The Morgan fingerprint density at radius 1 is 1.08 bits per heavy atom. The van der Waals surface area contributed by atoms with Crippen molar-refractivity contribution < 1.29 is 4.79 Å². The van der Waals surface area contributed by atoms with Gasteiger partial charge >= 0.3 is 0 Å². The molecule has 3 aromatic rings. The lowest BCUT2D eigenvalue weighted by Crippen LogP contribution is -2.52. The van der Waals surface area contributed by atoms with Crippen LogP contribution >= 0.6 is 0 Å². The summed E-state index contributed by atoms with van der Waals surface area (Å²) in [6.07, 6.45) is 2.78. The van der Waals surface area contributed by atoms with Gasteiger partial charge in [0.25, 0.3) is 0 Å². The Bertz CT molecular complexity index is 869. The minimum atomic E-state index is -0.0622. The second-order valence-electron chi connectivity index (χ2n) is 6.72. The number of amides is 1. The van der Waals surface area contributed by atoms with Crippen LogP contribution in [-0.2, 0) is 4.79 Å². The van der Waals surface area contributed by atoms with Crippen LogP contribution in [0.2, 0.25) is 0 Å². The molecule has 0 N–H and O–H groups in total. The molecule has 0 unspecified atom stereocenters. The third-order valence-corrected chi connectivity index (χ3v) is 5.04. The Hall–Kier alpha value is -2.95. The van der Waals surface area contributed by atoms with Crippen molar-refractivity contribution in [3.8, 4) is 11.3 Å². The van der Waals surface area contributed by atoms with Crippen molar-refractivity contribution in [2.45, 2.75) is 25.3 Å². The molecule has 1 aromatic heterocycles. The van der Waals surface area contributed by atoms with Gasteiger partial charge in [0.2, 0.25) is 5.91 Å². The first kappa shape index (κ1) is 16.5. The molecular weight excluding hydrogens is 324 g/mol. The van der Waals surface area contributed by atoms with E-state index in [9.17, 15) is 4.79 Å². The number of benzene rings is 2. The first-order valence-corrected chi connectivity index (χ1v) is 9.07. The molecule has 4 rings (SSSR count). The van der Waals surface area contributed by atoms with E-state index in [1.54, 1.807) is 0 Å². The second-order valence-corrected chi connectivity index (χ2v) is 6.72. The quantitative estimate of drug-likeness (QED) is 0.710. The summed E-state index contributed by atoms with van der Waals surface area (Å²) in [6.45, 7) is 3.45. The molecule has 2 heterocycles. The maximum absolute atomic E-state index is 12.8. The van der Waals surface area contributed by atoms with Crippen LogP contribution in [0.5, 0.6) is 0 Å². The normalized spacial score (nSPS) is 15.5. The number of carbonyl (C=O) groups excluding carboxylic acids is 1. The number of nitrogens with zero attached hydrogens (tertiary/aromatic N) is 4. The molecule has 1 aliphatic heterocycles. The van der Waals surface area contributed by atoms with E-state index >= 15 is 0 Å². The number of hydrogen-bond acceptors (Lipinski definition) is 3. The number of hydrogen-bond donors (Lipinski definition) is 0. The van der Waals surface area contributed by atoms with Gasteiger partial charge in [-0.3, -0.25) is 4.79 Å². The van der Waals surface area contributed by atoms with E-state index < -0.39 is 0 Å². The van der Waals surface area contributed by atoms with Gasteiger partial charge < -0.3 is 4.90 Å². The molecule has 0 aliphatic carbocycles. The van der Waals surface area contributed by atoms with Crippen LogP contribution in [0.15, 0.2) is 66.9 Å². The summed E-state index contributed by atoms with van der Waals surface area (Å²) >= 11 is 0. The van der Waals surface area contributed by atoms with Gasteiger partial charge in [0.05, 0.1) is 18.2 Å². The van der Waals surface area contributed by atoms with Crippen LogP contribution in [0.25, 0.3) is 11.3 Å². The standard InChI is InChI=1S/C21H22N4O/c1-2-19(16-9-5-3-6-10-16)21(26)24-13-18(14-24)25-15-20(22-23-25)17-11-7-4-8-12-17/h3-12,15,18-19H,2,13-14H2,1H3/t19-/m1/s1. The fourth-order valence-electron chi connectivity index (χ4n) is 3.46. The Balaban J connectivity index is 1.41. The molecular formula is C21H22N4O. The van der Waals surface area contributed by atoms with Crippen LogP contribution in [0.4, 0.5) is 0 Å². The maximum atomic E-state index is 12.8. The molecule has 1 saturated heterocycles. The average molecular weight is 346 g/mol. The number of rotatable bonds is 5. The summed E-state index contributed by atoms with van der Waals surface area (Å²) in [4.78, 5) is 14.8. The van der Waals surface area contributed by atoms with Crippen molar-refractivity contribution in [2.75, 3.05) is 13.1 Å². The van der Waals surface area contributed by atoms with Crippen molar-refractivity contribution in [3.63, 3.8) is 0 Å². The Morgan fingerprint density at radius 3 is 2.38 bits per heavy atom. The molecule has 1 fully saturated rings. The first-order chi connectivity index (χ1) is 12.8. The molecule has 26 heavy (non-hydrogen) atoms. The zero-order valence-electron chi connectivity index (χ0n) is 14.8. The van der Waals surface area contributed by atoms with E-state index in [1.165, 1.54) is 0 Å². The molecule has 2 aromatic carbocycles. The lowest BCUT2D eigenvalue weighted by Gasteiger charge is -2.40.